The van der Waals surface area contributed by atoms with Gasteiger partial charge in [-0.1, -0.05) is 0 Å². The largest absolute Gasteiger partial charge is 0.324 e. The number of nitrogens with two attached hydrogens (primary N) is 1. The van der Waals surface area contributed by atoms with Crippen LogP contribution in [0.2, 0.25) is 0 Å². The minimum Gasteiger partial charge on any atom is -0.324 e. The van der Waals surface area contributed by atoms with Gasteiger partial charge in [-0.3, -0.25) is 0 Å². The highest BCUT2D eigenvalue weighted by atomic mass is 32.2. The Balaban J connectivity index is 2.43. The lowest BCUT2D eigenvalue weighted by atomic mass is 10.5. The van der Waals surface area contributed by atoms with E-state index in [9.17, 15) is 8.42 Å². The Labute approximate surface area is 98.2 Å². The zero-order chi connectivity index (χ0) is 12.5. The molecule has 2 heterocycles. The third-order valence-electron chi connectivity index (χ3n) is 2.10. The highest BCUT2D eigenvalue weighted by Crippen LogP contribution is 2.10. The highest BCUT2D eigenvalue weighted by molar-refractivity contribution is 7.90. The first-order valence-electron chi connectivity index (χ1n) is 4.78. The van der Waals surface area contributed by atoms with Crippen LogP contribution in [0.1, 0.15) is 5.82 Å². The molecule has 0 aliphatic rings. The van der Waals surface area contributed by atoms with Gasteiger partial charge in [0.15, 0.2) is 15.7 Å². The third-order valence-corrected chi connectivity index (χ3v) is 3.16. The van der Waals surface area contributed by atoms with Gasteiger partial charge in [-0.15, -0.1) is 0 Å². The summed E-state index contributed by atoms with van der Waals surface area (Å²) in [6, 6.07) is 1.62. The Morgan fingerprint density at radius 2 is 2.24 bits per heavy atom. The van der Waals surface area contributed by atoms with E-state index in [1.165, 1.54) is 17.1 Å². The van der Waals surface area contributed by atoms with Crippen molar-refractivity contribution < 1.29 is 8.42 Å². The summed E-state index contributed by atoms with van der Waals surface area (Å²) in [5, 5.41) is 3.93. The first kappa shape index (κ1) is 11.7. The van der Waals surface area contributed by atoms with Gasteiger partial charge in [0.2, 0.25) is 0 Å². The number of rotatable bonds is 3. The molecule has 0 unspecified atom stereocenters. The van der Waals surface area contributed by atoms with Crippen molar-refractivity contribution in [2.24, 2.45) is 5.73 Å². The van der Waals surface area contributed by atoms with Crippen molar-refractivity contribution in [1.82, 2.24) is 19.7 Å². The second-order valence-electron chi connectivity index (χ2n) is 3.43. The van der Waals surface area contributed by atoms with Crippen molar-refractivity contribution >= 4 is 9.84 Å². The number of hydrogen-bond donors (Lipinski definition) is 1. The number of aromatic nitrogens is 4. The summed E-state index contributed by atoms with van der Waals surface area (Å²) < 4.78 is 24.0. The van der Waals surface area contributed by atoms with Crippen LogP contribution in [-0.2, 0) is 16.4 Å². The van der Waals surface area contributed by atoms with E-state index < -0.39 is 9.84 Å². The van der Waals surface area contributed by atoms with Crippen molar-refractivity contribution in [3.63, 3.8) is 0 Å². The molecule has 0 bridgehead atoms. The molecule has 8 heteroatoms. The van der Waals surface area contributed by atoms with E-state index in [-0.39, 0.29) is 11.4 Å². The monoisotopic (exact) mass is 253 g/mol. The van der Waals surface area contributed by atoms with Crippen molar-refractivity contribution in [2.45, 2.75) is 11.4 Å². The van der Waals surface area contributed by atoms with Crippen molar-refractivity contribution in [3.8, 4) is 5.82 Å². The second kappa shape index (κ2) is 4.22. The van der Waals surface area contributed by atoms with Gasteiger partial charge < -0.3 is 5.73 Å². The third kappa shape index (κ3) is 2.48. The van der Waals surface area contributed by atoms with Gasteiger partial charge in [-0.05, 0) is 0 Å². The standard InChI is InChI=1S/C9H11N5O2S/c1-17(15,16)7-5-12-14(6-7)9-2-3-11-8(4-10)13-9/h2-3,5-6H,4,10H2,1H3. The normalized spacial score (nSPS) is 11.6. The van der Waals surface area contributed by atoms with Gasteiger partial charge in [-0.2, -0.15) is 5.10 Å². The maximum absolute atomic E-state index is 11.3. The smallest absolute Gasteiger partial charge is 0.178 e. The number of sulfone groups is 1. The summed E-state index contributed by atoms with van der Waals surface area (Å²) in [4.78, 5) is 8.21. The fraction of sp³-hybridized carbons (Fsp3) is 0.222. The van der Waals surface area contributed by atoms with Gasteiger partial charge in [0, 0.05) is 18.5 Å². The van der Waals surface area contributed by atoms with Crippen LogP contribution in [0.15, 0.2) is 29.6 Å². The van der Waals surface area contributed by atoms with E-state index in [1.54, 1.807) is 12.3 Å². The minimum atomic E-state index is -3.26. The predicted octanol–water partition coefficient (Wildman–Crippen LogP) is -0.475. The summed E-state index contributed by atoms with van der Waals surface area (Å²) in [6.45, 7) is 0.216. The molecule has 17 heavy (non-hydrogen) atoms. The molecule has 0 atom stereocenters. The molecule has 2 aromatic heterocycles. The predicted molar refractivity (Wildman–Crippen MR) is 60.2 cm³/mol. The van der Waals surface area contributed by atoms with E-state index in [0.29, 0.717) is 11.6 Å². The van der Waals surface area contributed by atoms with Crippen LogP contribution in [0, 0.1) is 0 Å². The molecule has 0 aliphatic carbocycles. The lowest BCUT2D eigenvalue weighted by Gasteiger charge is -2.01. The second-order valence-corrected chi connectivity index (χ2v) is 5.44. The lowest BCUT2D eigenvalue weighted by Crippen LogP contribution is -2.06. The maximum atomic E-state index is 11.3. The zero-order valence-corrected chi connectivity index (χ0v) is 9.92. The summed E-state index contributed by atoms with van der Waals surface area (Å²) in [6.07, 6.45) is 5.35. The fourth-order valence-electron chi connectivity index (χ4n) is 1.24. The Bertz CT molecular complexity index is 634. The zero-order valence-electron chi connectivity index (χ0n) is 9.11. The molecule has 0 radical (unpaired) electrons. The van der Waals surface area contributed by atoms with Crippen molar-refractivity contribution in [3.05, 3.63) is 30.5 Å². The molecule has 7 nitrogen and oxygen atoms in total. The van der Waals surface area contributed by atoms with Crippen LogP contribution in [0.4, 0.5) is 0 Å². The molecular formula is C9H11N5O2S. The van der Waals surface area contributed by atoms with Crippen molar-refractivity contribution in [2.75, 3.05) is 6.26 Å². The van der Waals surface area contributed by atoms with Gasteiger partial charge >= 0.3 is 0 Å². The first-order valence-corrected chi connectivity index (χ1v) is 6.67. The quantitative estimate of drug-likeness (QED) is 0.792. The van der Waals surface area contributed by atoms with E-state index >= 15 is 0 Å². The molecular weight excluding hydrogens is 242 g/mol. The molecule has 0 aliphatic heterocycles. The van der Waals surface area contributed by atoms with Crippen LogP contribution in [-0.4, -0.2) is 34.4 Å². The molecule has 0 aromatic carbocycles. The topological polar surface area (TPSA) is 104 Å². The lowest BCUT2D eigenvalue weighted by molar-refractivity contribution is 0.602. The SMILES string of the molecule is CS(=O)(=O)c1cnn(-c2ccnc(CN)n2)c1. The van der Waals surface area contributed by atoms with E-state index in [1.807, 2.05) is 0 Å². The summed E-state index contributed by atoms with van der Waals surface area (Å²) in [5.41, 5.74) is 5.42. The first-order chi connectivity index (χ1) is 8.00. The summed E-state index contributed by atoms with van der Waals surface area (Å²) >= 11 is 0. The maximum Gasteiger partial charge on any atom is 0.178 e. The van der Waals surface area contributed by atoms with E-state index in [0.717, 1.165) is 6.26 Å². The van der Waals surface area contributed by atoms with Gasteiger partial charge in [0.1, 0.15) is 10.7 Å². The Morgan fingerprint density at radius 1 is 1.47 bits per heavy atom. The highest BCUT2D eigenvalue weighted by Gasteiger charge is 2.11. The average Bonchev–Trinajstić information content (AvgIpc) is 2.78. The minimum absolute atomic E-state index is 0.144. The van der Waals surface area contributed by atoms with Crippen LogP contribution in [0.3, 0.4) is 0 Å². The van der Waals surface area contributed by atoms with Crippen LogP contribution < -0.4 is 5.73 Å². The number of nitrogens with zero attached hydrogens (tertiary/aromatic N) is 4. The average molecular weight is 253 g/mol. The summed E-state index contributed by atoms with van der Waals surface area (Å²) in [7, 11) is -3.26. The molecule has 2 aromatic rings. The Hall–Kier alpha value is -1.80. The van der Waals surface area contributed by atoms with Crippen molar-refractivity contribution in [1.29, 1.82) is 0 Å². The molecule has 0 spiro atoms. The molecule has 0 saturated heterocycles. The Morgan fingerprint density at radius 3 is 2.82 bits per heavy atom. The van der Waals surface area contributed by atoms with Gasteiger partial charge in [0.25, 0.3) is 0 Å². The van der Waals surface area contributed by atoms with E-state index in [4.69, 9.17) is 5.73 Å². The van der Waals surface area contributed by atoms with Crippen LogP contribution in [0.25, 0.3) is 5.82 Å². The van der Waals surface area contributed by atoms with Crippen LogP contribution in [0.5, 0.6) is 0 Å². The van der Waals surface area contributed by atoms with Gasteiger partial charge in [-0.25, -0.2) is 23.1 Å². The molecule has 90 valence electrons. The van der Waals surface area contributed by atoms with Crippen LogP contribution >= 0.6 is 0 Å². The number of hydrogen-bond acceptors (Lipinski definition) is 6. The summed E-state index contributed by atoms with van der Waals surface area (Å²) in [5.74, 6) is 0.953. The Kier molecular flexibility index (Phi) is 2.90. The van der Waals surface area contributed by atoms with Gasteiger partial charge in [0.05, 0.1) is 18.9 Å². The molecule has 0 amide bonds. The fourth-order valence-corrected chi connectivity index (χ4v) is 1.77. The molecule has 0 fully saturated rings. The molecule has 2 rings (SSSR count). The van der Waals surface area contributed by atoms with E-state index in [2.05, 4.69) is 15.1 Å². The molecule has 0 saturated carbocycles. The molecule has 2 N–H and O–H groups in total.